The van der Waals surface area contributed by atoms with Crippen molar-refractivity contribution >= 4 is 21.6 Å². The molecule has 8 heteroatoms. The second kappa shape index (κ2) is 6.27. The first kappa shape index (κ1) is 16.5. The molecular weight excluding hydrogens is 330 g/mol. The Labute approximate surface area is 140 Å². The third-order valence-corrected chi connectivity index (χ3v) is 5.76. The zero-order chi connectivity index (χ0) is 17.3. The Balaban J connectivity index is 1.87. The van der Waals surface area contributed by atoms with Crippen molar-refractivity contribution in [2.24, 2.45) is 0 Å². The Morgan fingerprint density at radius 1 is 1.38 bits per heavy atom. The number of sulfone groups is 1. The van der Waals surface area contributed by atoms with E-state index >= 15 is 0 Å². The smallest absolute Gasteiger partial charge is 0.260 e. The number of benzene rings is 1. The van der Waals surface area contributed by atoms with Gasteiger partial charge in [0.1, 0.15) is 11.6 Å². The maximum Gasteiger partial charge on any atom is 0.260 e. The van der Waals surface area contributed by atoms with Crippen LogP contribution in [0, 0.1) is 6.92 Å². The quantitative estimate of drug-likeness (QED) is 0.909. The number of nitrogens with one attached hydrogen (secondary N) is 1. The summed E-state index contributed by atoms with van der Waals surface area (Å²) in [6, 6.07) is 8.40. The van der Waals surface area contributed by atoms with Crippen LogP contribution in [0.4, 0.5) is 5.82 Å². The van der Waals surface area contributed by atoms with Gasteiger partial charge in [0.15, 0.2) is 9.84 Å². The molecule has 1 atom stereocenters. The molecule has 0 aliphatic carbocycles. The predicted molar refractivity (Wildman–Crippen MR) is 90.2 cm³/mol. The van der Waals surface area contributed by atoms with E-state index in [4.69, 9.17) is 4.74 Å². The predicted octanol–water partition coefficient (Wildman–Crippen LogP) is 1.81. The normalized spacial score (nSPS) is 19.2. The van der Waals surface area contributed by atoms with Crippen molar-refractivity contribution in [3.8, 4) is 5.75 Å². The van der Waals surface area contributed by atoms with Gasteiger partial charge >= 0.3 is 0 Å². The zero-order valence-electron chi connectivity index (χ0n) is 13.5. The highest BCUT2D eigenvalue weighted by Gasteiger charge is 2.31. The van der Waals surface area contributed by atoms with Gasteiger partial charge < -0.3 is 10.1 Å². The minimum atomic E-state index is -3.04. The van der Waals surface area contributed by atoms with Gasteiger partial charge in [-0.3, -0.25) is 4.79 Å². The minimum absolute atomic E-state index is 0.0473. The molecule has 0 radical (unpaired) electrons. The fourth-order valence-electron chi connectivity index (χ4n) is 2.87. The Bertz CT molecular complexity index is 873. The summed E-state index contributed by atoms with van der Waals surface area (Å²) in [5.41, 5.74) is 1.12. The average Bonchev–Trinajstić information content (AvgIpc) is 3.09. The van der Waals surface area contributed by atoms with E-state index in [0.29, 0.717) is 23.6 Å². The summed E-state index contributed by atoms with van der Waals surface area (Å²) < 4.78 is 30.2. The molecule has 7 nitrogen and oxygen atoms in total. The lowest BCUT2D eigenvalue weighted by atomic mass is 10.2. The van der Waals surface area contributed by atoms with Crippen LogP contribution in [-0.4, -0.2) is 42.7 Å². The summed E-state index contributed by atoms with van der Waals surface area (Å²) in [4.78, 5) is 12.5. The third-order valence-electron chi connectivity index (χ3n) is 4.01. The van der Waals surface area contributed by atoms with Gasteiger partial charge in [-0.05, 0) is 25.5 Å². The largest absolute Gasteiger partial charge is 0.496 e. The van der Waals surface area contributed by atoms with Crippen molar-refractivity contribution in [1.82, 2.24) is 9.78 Å². The van der Waals surface area contributed by atoms with Gasteiger partial charge in [0.2, 0.25) is 0 Å². The van der Waals surface area contributed by atoms with Crippen molar-refractivity contribution in [2.45, 2.75) is 19.4 Å². The van der Waals surface area contributed by atoms with E-state index in [1.54, 1.807) is 41.9 Å². The fourth-order valence-corrected chi connectivity index (χ4v) is 4.56. The SMILES string of the molecule is COc1ccccc1C(=O)Nc1cc(C)nn1[C@H]1CCS(=O)(=O)C1. The lowest BCUT2D eigenvalue weighted by Gasteiger charge is -2.14. The number of aryl methyl sites for hydroxylation is 1. The van der Waals surface area contributed by atoms with E-state index in [2.05, 4.69) is 10.4 Å². The summed E-state index contributed by atoms with van der Waals surface area (Å²) in [7, 11) is -1.53. The maximum absolute atomic E-state index is 12.5. The molecule has 1 aliphatic heterocycles. The lowest BCUT2D eigenvalue weighted by Crippen LogP contribution is -2.20. The first-order chi connectivity index (χ1) is 11.4. The molecule has 0 spiro atoms. The number of anilines is 1. The second-order valence-electron chi connectivity index (χ2n) is 5.83. The number of nitrogens with zero attached hydrogens (tertiary/aromatic N) is 2. The topological polar surface area (TPSA) is 90.3 Å². The molecule has 3 rings (SSSR count). The van der Waals surface area contributed by atoms with Crippen LogP contribution in [0.3, 0.4) is 0 Å². The summed E-state index contributed by atoms with van der Waals surface area (Å²) >= 11 is 0. The minimum Gasteiger partial charge on any atom is -0.496 e. The van der Waals surface area contributed by atoms with Crippen LogP contribution in [0.5, 0.6) is 5.75 Å². The summed E-state index contributed by atoms with van der Waals surface area (Å²) in [6.07, 6.45) is 0.501. The molecule has 1 saturated heterocycles. The number of hydrogen-bond acceptors (Lipinski definition) is 5. The van der Waals surface area contributed by atoms with Crippen molar-refractivity contribution < 1.29 is 17.9 Å². The molecule has 24 heavy (non-hydrogen) atoms. The molecule has 1 amide bonds. The standard InChI is InChI=1S/C16H19N3O4S/c1-11-9-15(19(18-11)12-7-8-24(21,22)10-12)17-16(20)13-5-3-4-6-14(13)23-2/h3-6,9,12H,7-8,10H2,1-2H3,(H,17,20)/t12-/m0/s1. The van der Waals surface area contributed by atoms with Crippen molar-refractivity contribution in [3.05, 3.63) is 41.6 Å². The number of methoxy groups -OCH3 is 1. The number of para-hydroxylation sites is 1. The second-order valence-corrected chi connectivity index (χ2v) is 8.06. The Hall–Kier alpha value is -2.35. The average molecular weight is 349 g/mol. The molecule has 1 fully saturated rings. The first-order valence-electron chi connectivity index (χ1n) is 7.60. The molecule has 2 aromatic rings. The van der Waals surface area contributed by atoms with Crippen molar-refractivity contribution in [2.75, 3.05) is 23.9 Å². The molecule has 128 valence electrons. The highest BCUT2D eigenvalue weighted by molar-refractivity contribution is 7.91. The molecular formula is C16H19N3O4S. The van der Waals surface area contributed by atoms with E-state index < -0.39 is 9.84 Å². The number of rotatable bonds is 4. The van der Waals surface area contributed by atoms with Gasteiger partial charge in [-0.25, -0.2) is 13.1 Å². The van der Waals surface area contributed by atoms with Crippen LogP contribution < -0.4 is 10.1 Å². The molecule has 2 heterocycles. The molecule has 0 saturated carbocycles. The van der Waals surface area contributed by atoms with Gasteiger partial charge in [0, 0.05) is 6.07 Å². The third kappa shape index (κ3) is 3.28. The number of aromatic nitrogens is 2. The van der Waals surface area contributed by atoms with E-state index in [1.165, 1.54) is 7.11 Å². The van der Waals surface area contributed by atoms with Crippen LogP contribution in [0.2, 0.25) is 0 Å². The van der Waals surface area contributed by atoms with Crippen molar-refractivity contribution in [3.63, 3.8) is 0 Å². The number of carbonyl (C=O) groups excluding carboxylic acids is 1. The van der Waals surface area contributed by atoms with E-state index in [0.717, 1.165) is 5.69 Å². The highest BCUT2D eigenvalue weighted by atomic mass is 32.2. The number of ether oxygens (including phenoxy) is 1. The highest BCUT2D eigenvalue weighted by Crippen LogP contribution is 2.28. The summed E-state index contributed by atoms with van der Waals surface area (Å²) in [5.74, 6) is 0.837. The van der Waals surface area contributed by atoms with Crippen molar-refractivity contribution in [1.29, 1.82) is 0 Å². The van der Waals surface area contributed by atoms with E-state index in [9.17, 15) is 13.2 Å². The fraction of sp³-hybridized carbons (Fsp3) is 0.375. The summed E-state index contributed by atoms with van der Waals surface area (Å²) in [5, 5.41) is 7.17. The summed E-state index contributed by atoms with van der Waals surface area (Å²) in [6.45, 7) is 1.80. The van der Waals surface area contributed by atoms with Gasteiger partial charge in [0.05, 0.1) is 35.9 Å². The van der Waals surface area contributed by atoms with E-state index in [1.807, 2.05) is 0 Å². The molecule has 0 bridgehead atoms. The molecule has 1 aromatic carbocycles. The van der Waals surface area contributed by atoms with Crippen LogP contribution in [0.15, 0.2) is 30.3 Å². The van der Waals surface area contributed by atoms with Crippen LogP contribution in [-0.2, 0) is 9.84 Å². The Kier molecular flexibility index (Phi) is 4.31. The monoisotopic (exact) mass is 349 g/mol. The number of carbonyl (C=O) groups is 1. The zero-order valence-corrected chi connectivity index (χ0v) is 14.3. The van der Waals surface area contributed by atoms with Crippen LogP contribution in [0.1, 0.15) is 28.5 Å². The molecule has 1 aromatic heterocycles. The maximum atomic E-state index is 12.5. The van der Waals surface area contributed by atoms with Gasteiger partial charge in [-0.1, -0.05) is 12.1 Å². The van der Waals surface area contributed by atoms with Crippen LogP contribution in [0.25, 0.3) is 0 Å². The first-order valence-corrected chi connectivity index (χ1v) is 9.43. The Morgan fingerprint density at radius 3 is 2.79 bits per heavy atom. The number of hydrogen-bond donors (Lipinski definition) is 1. The molecule has 1 aliphatic rings. The van der Waals surface area contributed by atoms with Gasteiger partial charge in [0.25, 0.3) is 5.91 Å². The molecule has 1 N–H and O–H groups in total. The van der Waals surface area contributed by atoms with Gasteiger partial charge in [-0.15, -0.1) is 0 Å². The number of amides is 1. The molecule has 0 unspecified atom stereocenters. The van der Waals surface area contributed by atoms with Crippen LogP contribution >= 0.6 is 0 Å². The Morgan fingerprint density at radius 2 is 2.12 bits per heavy atom. The van der Waals surface area contributed by atoms with E-state index in [-0.39, 0.29) is 23.5 Å². The lowest BCUT2D eigenvalue weighted by molar-refractivity contribution is 0.102. The van der Waals surface area contributed by atoms with Gasteiger partial charge in [-0.2, -0.15) is 5.10 Å².